The van der Waals surface area contributed by atoms with Crippen LogP contribution in [0.2, 0.25) is 0 Å². The third-order valence-electron chi connectivity index (χ3n) is 4.39. The molecule has 0 amide bonds. The van der Waals surface area contributed by atoms with Crippen molar-refractivity contribution in [3.63, 3.8) is 0 Å². The Labute approximate surface area is 108 Å². The second kappa shape index (κ2) is 5.15. The zero-order valence-electron chi connectivity index (χ0n) is 11.3. The molecule has 0 aromatic carbocycles. The lowest BCUT2D eigenvalue weighted by Crippen LogP contribution is -2.47. The van der Waals surface area contributed by atoms with Crippen molar-refractivity contribution in [3.8, 4) is 0 Å². The van der Waals surface area contributed by atoms with Gasteiger partial charge in [-0.25, -0.2) is 4.79 Å². The van der Waals surface area contributed by atoms with Gasteiger partial charge in [0.1, 0.15) is 0 Å². The highest BCUT2D eigenvalue weighted by molar-refractivity contribution is 5.78. The zero-order valence-corrected chi connectivity index (χ0v) is 11.3. The Balaban J connectivity index is 1.94. The molecule has 5 nitrogen and oxygen atoms in total. The number of aliphatic hydroxyl groups is 1. The topological polar surface area (TPSA) is 75.8 Å². The lowest BCUT2D eigenvalue weighted by atomic mass is 9.78. The first kappa shape index (κ1) is 13.8. The molecule has 2 fully saturated rings. The molecule has 1 saturated heterocycles. The van der Waals surface area contributed by atoms with Crippen LogP contribution < -0.4 is 5.73 Å². The second-order valence-electron chi connectivity index (χ2n) is 5.98. The normalized spacial score (nSPS) is 35.9. The minimum absolute atomic E-state index is 0.275. The number of carbonyl (C=O) groups is 1. The molecule has 104 valence electrons. The molecule has 18 heavy (non-hydrogen) atoms. The van der Waals surface area contributed by atoms with Crippen LogP contribution in [0.3, 0.4) is 0 Å². The van der Waals surface area contributed by atoms with Crippen LogP contribution in [0.25, 0.3) is 0 Å². The molecule has 0 radical (unpaired) electrons. The van der Waals surface area contributed by atoms with Crippen LogP contribution in [0.1, 0.15) is 26.2 Å². The Hall–Kier alpha value is -0.650. The summed E-state index contributed by atoms with van der Waals surface area (Å²) >= 11 is 0. The van der Waals surface area contributed by atoms with Gasteiger partial charge in [0.2, 0.25) is 0 Å². The van der Waals surface area contributed by atoms with Crippen molar-refractivity contribution in [3.05, 3.63) is 0 Å². The number of nitrogens with zero attached hydrogens (tertiary/aromatic N) is 1. The Bertz CT molecular complexity index is 319. The van der Waals surface area contributed by atoms with Gasteiger partial charge in [0.15, 0.2) is 5.60 Å². The number of fused-ring (bicyclic) bond motifs is 1. The first-order valence-corrected chi connectivity index (χ1v) is 6.73. The molecule has 5 heteroatoms. The molecule has 4 unspecified atom stereocenters. The van der Waals surface area contributed by atoms with Gasteiger partial charge < -0.3 is 15.6 Å². The SMILES string of the molecule is COC(=O)C(C)(O)CN1CC2CCCC(N)C2C1. The molecule has 1 aliphatic heterocycles. The lowest BCUT2D eigenvalue weighted by molar-refractivity contribution is -0.162. The van der Waals surface area contributed by atoms with E-state index < -0.39 is 11.6 Å². The summed E-state index contributed by atoms with van der Waals surface area (Å²) in [5, 5.41) is 10.1. The first-order chi connectivity index (χ1) is 8.44. The minimum Gasteiger partial charge on any atom is -0.467 e. The molecular formula is C13H24N2O3. The minimum atomic E-state index is -1.42. The quantitative estimate of drug-likeness (QED) is 0.694. The maximum Gasteiger partial charge on any atom is 0.338 e. The number of hydrogen-bond acceptors (Lipinski definition) is 5. The maximum absolute atomic E-state index is 11.5. The van der Waals surface area contributed by atoms with Crippen LogP contribution in [0.4, 0.5) is 0 Å². The van der Waals surface area contributed by atoms with E-state index in [0.29, 0.717) is 18.4 Å². The Kier molecular flexibility index (Phi) is 3.94. The van der Waals surface area contributed by atoms with Crippen molar-refractivity contribution in [1.82, 2.24) is 4.90 Å². The highest BCUT2D eigenvalue weighted by Crippen LogP contribution is 2.35. The van der Waals surface area contributed by atoms with E-state index in [2.05, 4.69) is 9.64 Å². The third kappa shape index (κ3) is 2.68. The fourth-order valence-corrected chi connectivity index (χ4v) is 3.46. The van der Waals surface area contributed by atoms with E-state index in [1.165, 1.54) is 26.9 Å². The molecule has 0 spiro atoms. The van der Waals surface area contributed by atoms with Crippen LogP contribution >= 0.6 is 0 Å². The van der Waals surface area contributed by atoms with E-state index in [1.54, 1.807) is 0 Å². The Morgan fingerprint density at radius 2 is 2.22 bits per heavy atom. The number of methoxy groups -OCH3 is 1. The molecule has 0 aromatic heterocycles. The highest BCUT2D eigenvalue weighted by Gasteiger charge is 2.42. The number of rotatable bonds is 3. The second-order valence-corrected chi connectivity index (χ2v) is 5.98. The first-order valence-electron chi connectivity index (χ1n) is 6.73. The zero-order chi connectivity index (χ0) is 13.3. The van der Waals surface area contributed by atoms with E-state index in [9.17, 15) is 9.90 Å². The summed E-state index contributed by atoms with van der Waals surface area (Å²) in [5.74, 6) is 0.580. The summed E-state index contributed by atoms with van der Waals surface area (Å²) in [6, 6.07) is 0.275. The van der Waals surface area contributed by atoms with Crippen LogP contribution in [0.5, 0.6) is 0 Å². The van der Waals surface area contributed by atoms with Crippen molar-refractivity contribution >= 4 is 5.97 Å². The van der Waals surface area contributed by atoms with Crippen LogP contribution in [-0.2, 0) is 9.53 Å². The number of likely N-dealkylation sites (tertiary alicyclic amines) is 1. The number of nitrogens with two attached hydrogens (primary N) is 1. The summed E-state index contributed by atoms with van der Waals surface area (Å²) in [6.45, 7) is 3.67. The van der Waals surface area contributed by atoms with Gasteiger partial charge in [-0.1, -0.05) is 6.42 Å². The van der Waals surface area contributed by atoms with Crippen molar-refractivity contribution < 1.29 is 14.6 Å². The predicted molar refractivity (Wildman–Crippen MR) is 67.9 cm³/mol. The van der Waals surface area contributed by atoms with Gasteiger partial charge in [0.05, 0.1) is 7.11 Å². The van der Waals surface area contributed by atoms with Gasteiger partial charge in [-0.2, -0.15) is 0 Å². The van der Waals surface area contributed by atoms with Gasteiger partial charge in [0.25, 0.3) is 0 Å². The summed E-state index contributed by atoms with van der Waals surface area (Å²) in [5.41, 5.74) is 4.73. The standard InChI is InChI=1S/C13H24N2O3/c1-13(17,12(16)18-2)8-15-6-9-4-3-5-11(14)10(9)7-15/h9-11,17H,3-8,14H2,1-2H3. The average molecular weight is 256 g/mol. The third-order valence-corrected chi connectivity index (χ3v) is 4.39. The fraction of sp³-hybridized carbons (Fsp3) is 0.923. The molecule has 1 saturated carbocycles. The monoisotopic (exact) mass is 256 g/mol. The van der Waals surface area contributed by atoms with Crippen LogP contribution in [0.15, 0.2) is 0 Å². The van der Waals surface area contributed by atoms with Gasteiger partial charge >= 0.3 is 5.97 Å². The van der Waals surface area contributed by atoms with Crippen molar-refractivity contribution in [2.75, 3.05) is 26.7 Å². The molecule has 3 N–H and O–H groups in total. The summed E-state index contributed by atoms with van der Waals surface area (Å²) in [7, 11) is 1.30. The summed E-state index contributed by atoms with van der Waals surface area (Å²) < 4.78 is 4.62. The van der Waals surface area contributed by atoms with Crippen molar-refractivity contribution in [2.45, 2.75) is 37.8 Å². The summed E-state index contributed by atoms with van der Waals surface area (Å²) in [4.78, 5) is 13.6. The molecule has 2 aliphatic rings. The highest BCUT2D eigenvalue weighted by atomic mass is 16.5. The lowest BCUT2D eigenvalue weighted by Gasteiger charge is -2.30. The number of hydrogen-bond donors (Lipinski definition) is 2. The van der Waals surface area contributed by atoms with Gasteiger partial charge in [-0.05, 0) is 31.6 Å². The fourth-order valence-electron chi connectivity index (χ4n) is 3.46. The molecular weight excluding hydrogens is 232 g/mol. The maximum atomic E-state index is 11.5. The van der Waals surface area contributed by atoms with Gasteiger partial charge in [-0.15, -0.1) is 0 Å². The number of β-amino-alcohol motifs (C(OH)–C–C–N with tert-alkyl or cyclic N) is 1. The van der Waals surface area contributed by atoms with Crippen LogP contribution in [0, 0.1) is 11.8 Å². The van der Waals surface area contributed by atoms with E-state index in [1.807, 2.05) is 0 Å². The molecule has 2 rings (SSSR count). The Morgan fingerprint density at radius 3 is 2.83 bits per heavy atom. The number of esters is 1. The van der Waals surface area contributed by atoms with Gasteiger partial charge in [0, 0.05) is 25.7 Å². The predicted octanol–water partition coefficient (Wildman–Crippen LogP) is -0.0304. The number of ether oxygens (including phenoxy) is 1. The smallest absolute Gasteiger partial charge is 0.338 e. The molecule has 0 bridgehead atoms. The van der Waals surface area contributed by atoms with E-state index >= 15 is 0 Å². The van der Waals surface area contributed by atoms with Crippen molar-refractivity contribution in [2.24, 2.45) is 17.6 Å². The van der Waals surface area contributed by atoms with E-state index in [-0.39, 0.29) is 6.04 Å². The number of carbonyl (C=O) groups excluding carboxylic acids is 1. The van der Waals surface area contributed by atoms with E-state index in [0.717, 1.165) is 19.5 Å². The molecule has 0 aromatic rings. The molecule has 1 aliphatic carbocycles. The molecule has 1 heterocycles. The van der Waals surface area contributed by atoms with Crippen LogP contribution in [-0.4, -0.2) is 54.4 Å². The summed E-state index contributed by atoms with van der Waals surface area (Å²) in [6.07, 6.45) is 3.52. The average Bonchev–Trinajstić information content (AvgIpc) is 2.71. The Morgan fingerprint density at radius 1 is 1.50 bits per heavy atom. The van der Waals surface area contributed by atoms with Crippen molar-refractivity contribution in [1.29, 1.82) is 0 Å². The largest absolute Gasteiger partial charge is 0.467 e. The van der Waals surface area contributed by atoms with E-state index in [4.69, 9.17) is 5.73 Å². The molecule has 4 atom stereocenters. The van der Waals surface area contributed by atoms with Gasteiger partial charge in [-0.3, -0.25) is 4.90 Å².